The minimum absolute atomic E-state index is 0.109. The molecule has 1 aromatic carbocycles. The molecule has 1 rings (SSSR count). The van der Waals surface area contributed by atoms with E-state index in [2.05, 4.69) is 32.6 Å². The number of benzene rings is 1. The van der Waals surface area contributed by atoms with Crippen LogP contribution in [-0.4, -0.2) is 37.1 Å². The Morgan fingerprint density at radius 2 is 1.75 bits per heavy atom. The van der Waals surface area contributed by atoms with Crippen LogP contribution in [0.25, 0.3) is 0 Å². The van der Waals surface area contributed by atoms with Crippen molar-refractivity contribution in [3.63, 3.8) is 0 Å². The third-order valence-corrected chi connectivity index (χ3v) is 3.22. The molecule has 1 aromatic rings. The number of nitrogens with zero attached hydrogens (tertiary/aromatic N) is 1. The lowest BCUT2D eigenvalue weighted by Gasteiger charge is -2.30. The number of carbonyl (C=O) groups is 1. The fourth-order valence-corrected chi connectivity index (χ4v) is 2.03. The Kier molecular flexibility index (Phi) is 6.14. The van der Waals surface area contributed by atoms with Crippen LogP contribution in [0, 0.1) is 11.2 Å². The van der Waals surface area contributed by atoms with Crippen LogP contribution in [-0.2, 0) is 4.74 Å². The Labute approximate surface area is 120 Å². The van der Waals surface area contributed by atoms with E-state index >= 15 is 0 Å². The van der Waals surface area contributed by atoms with Crippen LogP contribution < -0.4 is 0 Å². The molecule has 0 atom stereocenters. The first-order valence-corrected chi connectivity index (χ1v) is 7.03. The SMILES string of the molecule is CCN(CC)CC(C)(C)COC(=O)c1ccc(F)cc1. The van der Waals surface area contributed by atoms with Crippen molar-refractivity contribution in [2.75, 3.05) is 26.2 Å². The largest absolute Gasteiger partial charge is 0.461 e. The molecule has 3 nitrogen and oxygen atoms in total. The monoisotopic (exact) mass is 281 g/mol. The minimum Gasteiger partial charge on any atom is -0.461 e. The highest BCUT2D eigenvalue weighted by Crippen LogP contribution is 2.18. The fourth-order valence-electron chi connectivity index (χ4n) is 2.03. The zero-order valence-corrected chi connectivity index (χ0v) is 12.8. The molecule has 0 unspecified atom stereocenters. The highest BCUT2D eigenvalue weighted by atomic mass is 19.1. The van der Waals surface area contributed by atoms with E-state index in [0.717, 1.165) is 19.6 Å². The summed E-state index contributed by atoms with van der Waals surface area (Å²) in [6.07, 6.45) is 0. The van der Waals surface area contributed by atoms with E-state index in [1.165, 1.54) is 24.3 Å². The summed E-state index contributed by atoms with van der Waals surface area (Å²) >= 11 is 0. The zero-order valence-electron chi connectivity index (χ0n) is 12.8. The van der Waals surface area contributed by atoms with Gasteiger partial charge in [-0.15, -0.1) is 0 Å². The van der Waals surface area contributed by atoms with Crippen LogP contribution in [0.1, 0.15) is 38.1 Å². The van der Waals surface area contributed by atoms with Crippen molar-refractivity contribution < 1.29 is 13.9 Å². The van der Waals surface area contributed by atoms with Gasteiger partial charge in [-0.25, -0.2) is 9.18 Å². The Bertz CT molecular complexity index is 425. The van der Waals surface area contributed by atoms with Gasteiger partial charge >= 0.3 is 5.97 Å². The number of esters is 1. The number of hydrogen-bond acceptors (Lipinski definition) is 3. The van der Waals surface area contributed by atoms with Crippen molar-refractivity contribution in [2.24, 2.45) is 5.41 Å². The predicted octanol–water partition coefficient (Wildman–Crippen LogP) is 3.35. The van der Waals surface area contributed by atoms with Gasteiger partial charge in [0, 0.05) is 12.0 Å². The molecule has 0 aromatic heterocycles. The maximum absolute atomic E-state index is 12.8. The lowest BCUT2D eigenvalue weighted by atomic mass is 9.94. The molecular weight excluding hydrogens is 257 g/mol. The molecule has 0 saturated heterocycles. The molecule has 0 spiro atoms. The number of rotatable bonds is 7. The van der Waals surface area contributed by atoms with Crippen LogP contribution in [0.5, 0.6) is 0 Å². The van der Waals surface area contributed by atoms with Gasteiger partial charge in [0.25, 0.3) is 0 Å². The average molecular weight is 281 g/mol. The number of ether oxygens (including phenoxy) is 1. The Morgan fingerprint density at radius 3 is 2.25 bits per heavy atom. The standard InChI is InChI=1S/C16H24FNO2/c1-5-18(6-2)11-16(3,4)12-20-15(19)13-7-9-14(17)10-8-13/h7-10H,5-6,11-12H2,1-4H3. The molecule has 0 N–H and O–H groups in total. The van der Waals surface area contributed by atoms with Gasteiger partial charge in [0.15, 0.2) is 0 Å². The molecule has 0 saturated carbocycles. The van der Waals surface area contributed by atoms with E-state index in [1.54, 1.807) is 0 Å². The van der Waals surface area contributed by atoms with Crippen molar-refractivity contribution >= 4 is 5.97 Å². The van der Waals surface area contributed by atoms with E-state index in [9.17, 15) is 9.18 Å². The normalized spacial score (nSPS) is 11.7. The Balaban J connectivity index is 2.52. The predicted molar refractivity (Wildman–Crippen MR) is 78.3 cm³/mol. The molecule has 0 bridgehead atoms. The number of carbonyl (C=O) groups excluding carboxylic acids is 1. The first-order valence-electron chi connectivity index (χ1n) is 7.03. The van der Waals surface area contributed by atoms with Crippen molar-refractivity contribution in [2.45, 2.75) is 27.7 Å². The summed E-state index contributed by atoms with van der Waals surface area (Å²) in [4.78, 5) is 14.2. The van der Waals surface area contributed by atoms with Crippen molar-refractivity contribution in [3.8, 4) is 0 Å². The summed E-state index contributed by atoms with van der Waals surface area (Å²) in [6.45, 7) is 11.6. The van der Waals surface area contributed by atoms with Gasteiger partial charge in [-0.3, -0.25) is 0 Å². The topological polar surface area (TPSA) is 29.5 Å². The molecule has 0 aliphatic rings. The second-order valence-electron chi connectivity index (χ2n) is 5.71. The summed E-state index contributed by atoms with van der Waals surface area (Å²) in [5, 5.41) is 0. The van der Waals surface area contributed by atoms with E-state index in [4.69, 9.17) is 4.74 Å². The van der Waals surface area contributed by atoms with Crippen LogP contribution in [0.2, 0.25) is 0 Å². The van der Waals surface area contributed by atoms with Crippen LogP contribution in [0.4, 0.5) is 4.39 Å². The van der Waals surface area contributed by atoms with Crippen molar-refractivity contribution in [1.82, 2.24) is 4.90 Å². The quantitative estimate of drug-likeness (QED) is 0.718. The minimum atomic E-state index is -0.405. The summed E-state index contributed by atoms with van der Waals surface area (Å²) in [5.74, 6) is -0.763. The van der Waals surface area contributed by atoms with Crippen LogP contribution in [0.15, 0.2) is 24.3 Å². The summed E-state index contributed by atoms with van der Waals surface area (Å²) in [7, 11) is 0. The lowest BCUT2D eigenvalue weighted by molar-refractivity contribution is 0.0274. The molecule has 112 valence electrons. The maximum Gasteiger partial charge on any atom is 0.338 e. The van der Waals surface area contributed by atoms with E-state index in [-0.39, 0.29) is 11.2 Å². The maximum atomic E-state index is 12.8. The molecule has 0 heterocycles. The van der Waals surface area contributed by atoms with Crippen LogP contribution in [0.3, 0.4) is 0 Å². The number of halogens is 1. The fraction of sp³-hybridized carbons (Fsp3) is 0.562. The van der Waals surface area contributed by atoms with Gasteiger partial charge in [0.05, 0.1) is 12.2 Å². The molecule has 4 heteroatoms. The first kappa shape index (κ1) is 16.6. The highest BCUT2D eigenvalue weighted by molar-refractivity contribution is 5.89. The smallest absolute Gasteiger partial charge is 0.338 e. The van der Waals surface area contributed by atoms with Gasteiger partial charge in [-0.2, -0.15) is 0 Å². The Morgan fingerprint density at radius 1 is 1.20 bits per heavy atom. The van der Waals surface area contributed by atoms with Gasteiger partial charge < -0.3 is 9.64 Å². The van der Waals surface area contributed by atoms with E-state index in [0.29, 0.717) is 12.2 Å². The van der Waals surface area contributed by atoms with Gasteiger partial charge in [0.2, 0.25) is 0 Å². The molecule has 0 fully saturated rings. The van der Waals surface area contributed by atoms with E-state index < -0.39 is 5.97 Å². The summed E-state index contributed by atoms with van der Waals surface area (Å²) in [5.41, 5.74) is 0.270. The zero-order chi connectivity index (χ0) is 15.2. The summed E-state index contributed by atoms with van der Waals surface area (Å²) < 4.78 is 18.1. The van der Waals surface area contributed by atoms with Crippen molar-refractivity contribution in [3.05, 3.63) is 35.6 Å². The molecular formula is C16H24FNO2. The molecule has 0 aliphatic heterocycles. The van der Waals surface area contributed by atoms with Gasteiger partial charge in [-0.1, -0.05) is 27.7 Å². The third-order valence-electron chi connectivity index (χ3n) is 3.22. The number of hydrogen-bond donors (Lipinski definition) is 0. The van der Waals surface area contributed by atoms with Crippen molar-refractivity contribution in [1.29, 1.82) is 0 Å². The highest BCUT2D eigenvalue weighted by Gasteiger charge is 2.23. The Hall–Kier alpha value is -1.42. The first-order chi connectivity index (χ1) is 9.38. The molecule has 0 amide bonds. The lowest BCUT2D eigenvalue weighted by Crippen LogP contribution is -2.37. The van der Waals surface area contributed by atoms with Gasteiger partial charge in [0.1, 0.15) is 5.82 Å². The second kappa shape index (κ2) is 7.39. The summed E-state index contributed by atoms with van der Waals surface area (Å²) in [6, 6.07) is 5.40. The van der Waals surface area contributed by atoms with Crippen LogP contribution >= 0.6 is 0 Å². The third kappa shape index (κ3) is 5.29. The molecule has 0 aliphatic carbocycles. The van der Waals surface area contributed by atoms with E-state index in [1.807, 2.05) is 0 Å². The average Bonchev–Trinajstić information content (AvgIpc) is 2.43. The molecule has 0 radical (unpaired) electrons. The second-order valence-corrected chi connectivity index (χ2v) is 5.71. The molecule has 20 heavy (non-hydrogen) atoms. The van der Waals surface area contributed by atoms with Gasteiger partial charge in [-0.05, 0) is 37.4 Å².